The second-order valence-corrected chi connectivity index (χ2v) is 9.71. The number of hydrogen-bond donors (Lipinski definition) is 2. The highest BCUT2D eigenvalue weighted by Crippen LogP contribution is 2.20. The topological polar surface area (TPSA) is 115 Å². The fraction of sp³-hybridized carbons (Fsp3) is 0.435. The summed E-state index contributed by atoms with van der Waals surface area (Å²) in [6.07, 6.45) is 1.49. The Labute approximate surface area is 202 Å². The molecule has 10 nitrogen and oxygen atoms in total. The predicted octanol–water partition coefficient (Wildman–Crippen LogP) is 1.66. The number of carbonyl (C=O) groups is 2. The van der Waals surface area contributed by atoms with Crippen molar-refractivity contribution in [3.8, 4) is 11.3 Å². The van der Waals surface area contributed by atoms with Gasteiger partial charge in [0.2, 0.25) is 0 Å². The molecule has 1 aromatic heterocycles. The lowest BCUT2D eigenvalue weighted by Gasteiger charge is -2.34. The van der Waals surface area contributed by atoms with E-state index in [9.17, 15) is 13.8 Å². The Bertz CT molecular complexity index is 1020. The van der Waals surface area contributed by atoms with E-state index in [0.29, 0.717) is 24.6 Å². The van der Waals surface area contributed by atoms with Gasteiger partial charge in [-0.1, -0.05) is 23.8 Å². The molecule has 2 atom stereocenters. The standard InChI is InChI=1S/C23H31N5O5S/c1-17-5-4-6-19(13-17)21-8-7-20(14-24-21)34(32)28(16-22(29)25-31)10-9-26(3)23(30)27-11-12-33-18(2)15-27/h4-8,13-14,18,31H,9-12,15-16H2,1-3H3,(H,25,29). The SMILES string of the molecule is Cc1cccc(-c2ccc(S(=O)N(CCN(C)C(=O)N3CCOC(C)C3)CC(=O)NO)cn2)c1. The van der Waals surface area contributed by atoms with E-state index in [0.717, 1.165) is 16.8 Å². The quantitative estimate of drug-likeness (QED) is 0.431. The van der Waals surface area contributed by atoms with Gasteiger partial charge in [-0.2, -0.15) is 0 Å². The Kier molecular flexibility index (Phi) is 9.11. The molecule has 3 amide bonds. The van der Waals surface area contributed by atoms with Crippen molar-refractivity contribution in [2.24, 2.45) is 0 Å². The number of urea groups is 1. The lowest BCUT2D eigenvalue weighted by atomic mass is 10.1. The van der Waals surface area contributed by atoms with Crippen LogP contribution in [0.1, 0.15) is 12.5 Å². The van der Waals surface area contributed by atoms with E-state index in [1.165, 1.54) is 15.4 Å². The predicted molar refractivity (Wildman–Crippen MR) is 127 cm³/mol. The summed E-state index contributed by atoms with van der Waals surface area (Å²) in [5.74, 6) is -0.700. The molecule has 1 saturated heterocycles. The number of aromatic nitrogens is 1. The van der Waals surface area contributed by atoms with Gasteiger partial charge in [-0.15, -0.1) is 0 Å². The molecular formula is C23H31N5O5S. The van der Waals surface area contributed by atoms with Crippen molar-refractivity contribution in [3.05, 3.63) is 48.2 Å². The summed E-state index contributed by atoms with van der Waals surface area (Å²) in [6.45, 7) is 5.50. The van der Waals surface area contributed by atoms with Crippen LogP contribution < -0.4 is 5.48 Å². The van der Waals surface area contributed by atoms with Gasteiger partial charge in [-0.25, -0.2) is 18.8 Å². The first kappa shape index (κ1) is 25.8. The molecule has 34 heavy (non-hydrogen) atoms. The summed E-state index contributed by atoms with van der Waals surface area (Å²) in [4.78, 5) is 32.7. The lowest BCUT2D eigenvalue weighted by molar-refractivity contribution is -0.129. The van der Waals surface area contributed by atoms with E-state index < -0.39 is 16.9 Å². The van der Waals surface area contributed by atoms with Crippen LogP contribution in [0.3, 0.4) is 0 Å². The molecule has 0 aliphatic carbocycles. The van der Waals surface area contributed by atoms with Gasteiger partial charge in [0.05, 0.1) is 29.8 Å². The van der Waals surface area contributed by atoms with Crippen molar-refractivity contribution >= 4 is 22.9 Å². The molecule has 1 fully saturated rings. The van der Waals surface area contributed by atoms with Gasteiger partial charge in [0.1, 0.15) is 11.0 Å². The Morgan fingerprint density at radius 2 is 2.09 bits per heavy atom. The minimum atomic E-state index is -1.73. The van der Waals surface area contributed by atoms with Crippen LogP contribution in [0.5, 0.6) is 0 Å². The lowest BCUT2D eigenvalue weighted by Crippen LogP contribution is -2.51. The van der Waals surface area contributed by atoms with E-state index >= 15 is 0 Å². The fourth-order valence-corrected chi connectivity index (χ4v) is 4.72. The number of aryl methyl sites for hydroxylation is 1. The number of hydroxylamine groups is 1. The Morgan fingerprint density at radius 1 is 1.29 bits per heavy atom. The normalized spacial score (nSPS) is 16.9. The van der Waals surface area contributed by atoms with Gasteiger partial charge in [0.25, 0.3) is 5.91 Å². The number of ether oxygens (including phenoxy) is 1. The Hall–Kier alpha value is -2.86. The largest absolute Gasteiger partial charge is 0.375 e. The Balaban J connectivity index is 1.68. The van der Waals surface area contributed by atoms with Gasteiger partial charge < -0.3 is 14.5 Å². The van der Waals surface area contributed by atoms with E-state index in [1.54, 1.807) is 29.6 Å². The summed E-state index contributed by atoms with van der Waals surface area (Å²) in [5, 5.41) is 8.96. The van der Waals surface area contributed by atoms with Crippen molar-refractivity contribution in [2.75, 3.05) is 46.4 Å². The molecule has 2 unspecified atom stereocenters. The van der Waals surface area contributed by atoms with Crippen molar-refractivity contribution in [3.63, 3.8) is 0 Å². The van der Waals surface area contributed by atoms with Crippen molar-refractivity contribution in [1.82, 2.24) is 24.6 Å². The van der Waals surface area contributed by atoms with Crippen LogP contribution in [-0.2, 0) is 20.5 Å². The number of morpholine rings is 1. The number of pyridine rings is 1. The number of benzene rings is 1. The molecule has 2 aromatic rings. The molecule has 1 aliphatic heterocycles. The van der Waals surface area contributed by atoms with Crippen LogP contribution in [-0.4, -0.2) is 92.9 Å². The van der Waals surface area contributed by atoms with Crippen LogP contribution in [0.4, 0.5) is 4.79 Å². The van der Waals surface area contributed by atoms with Crippen LogP contribution in [0.15, 0.2) is 47.5 Å². The minimum Gasteiger partial charge on any atom is -0.375 e. The molecule has 1 aliphatic rings. The summed E-state index contributed by atoms with van der Waals surface area (Å²) in [6, 6.07) is 11.2. The number of amides is 3. The molecule has 0 radical (unpaired) electrons. The third kappa shape index (κ3) is 6.83. The highest BCUT2D eigenvalue weighted by molar-refractivity contribution is 7.82. The first-order valence-electron chi connectivity index (χ1n) is 11.0. The van der Waals surface area contributed by atoms with E-state index in [-0.39, 0.29) is 31.8 Å². The van der Waals surface area contributed by atoms with Gasteiger partial charge in [-0.05, 0) is 32.0 Å². The summed E-state index contributed by atoms with van der Waals surface area (Å²) >= 11 is 0. The smallest absolute Gasteiger partial charge is 0.319 e. The summed E-state index contributed by atoms with van der Waals surface area (Å²) in [7, 11) is -0.0646. The third-order valence-electron chi connectivity index (χ3n) is 5.45. The van der Waals surface area contributed by atoms with Crippen LogP contribution in [0.2, 0.25) is 0 Å². The zero-order valence-corrected chi connectivity index (χ0v) is 20.5. The van der Waals surface area contributed by atoms with Gasteiger partial charge in [0, 0.05) is 45.0 Å². The zero-order chi connectivity index (χ0) is 24.7. The third-order valence-corrected chi connectivity index (χ3v) is 6.88. The van der Waals surface area contributed by atoms with E-state index in [2.05, 4.69) is 4.98 Å². The second kappa shape index (κ2) is 12.0. The summed E-state index contributed by atoms with van der Waals surface area (Å²) < 4.78 is 20.1. The van der Waals surface area contributed by atoms with Crippen LogP contribution in [0.25, 0.3) is 11.3 Å². The highest BCUT2D eigenvalue weighted by atomic mass is 32.2. The van der Waals surface area contributed by atoms with E-state index in [4.69, 9.17) is 9.94 Å². The van der Waals surface area contributed by atoms with Gasteiger partial charge in [-0.3, -0.25) is 15.0 Å². The van der Waals surface area contributed by atoms with E-state index in [1.807, 2.05) is 38.1 Å². The minimum absolute atomic E-state index is 0.0291. The molecule has 0 spiro atoms. The molecule has 0 bridgehead atoms. The zero-order valence-electron chi connectivity index (χ0n) is 19.6. The molecular weight excluding hydrogens is 458 g/mol. The Morgan fingerprint density at radius 3 is 2.74 bits per heavy atom. The first-order valence-corrected chi connectivity index (χ1v) is 12.1. The van der Waals surface area contributed by atoms with Crippen LogP contribution >= 0.6 is 0 Å². The molecule has 11 heteroatoms. The number of likely N-dealkylation sites (N-methyl/N-ethyl adjacent to an activating group) is 1. The van der Waals surface area contributed by atoms with Crippen molar-refractivity contribution in [2.45, 2.75) is 24.8 Å². The maximum atomic E-state index is 13.2. The first-order chi connectivity index (χ1) is 16.3. The highest BCUT2D eigenvalue weighted by Gasteiger charge is 2.25. The van der Waals surface area contributed by atoms with Crippen molar-refractivity contribution < 1.29 is 23.7 Å². The number of carbonyl (C=O) groups excluding carboxylic acids is 2. The molecule has 0 saturated carbocycles. The van der Waals surface area contributed by atoms with Gasteiger partial charge in [0.15, 0.2) is 0 Å². The summed E-state index contributed by atoms with van der Waals surface area (Å²) in [5.41, 5.74) is 4.38. The molecule has 3 rings (SSSR count). The van der Waals surface area contributed by atoms with Crippen molar-refractivity contribution in [1.29, 1.82) is 0 Å². The average molecular weight is 490 g/mol. The average Bonchev–Trinajstić information content (AvgIpc) is 2.85. The molecule has 2 heterocycles. The number of nitrogens with one attached hydrogen (secondary N) is 1. The number of nitrogens with zero attached hydrogens (tertiary/aromatic N) is 4. The van der Waals surface area contributed by atoms with Crippen LogP contribution in [0, 0.1) is 6.92 Å². The fourth-order valence-electron chi connectivity index (χ4n) is 3.61. The molecule has 2 N–H and O–H groups in total. The molecule has 184 valence electrons. The maximum Gasteiger partial charge on any atom is 0.319 e. The number of rotatable bonds is 8. The maximum absolute atomic E-state index is 13.2. The number of hydrogen-bond acceptors (Lipinski definition) is 6. The van der Waals surface area contributed by atoms with Gasteiger partial charge >= 0.3 is 6.03 Å². The monoisotopic (exact) mass is 489 g/mol. The second-order valence-electron chi connectivity index (χ2n) is 8.23. The molecule has 1 aromatic carbocycles.